The van der Waals surface area contributed by atoms with E-state index in [9.17, 15) is 28.8 Å². The number of carboxylic acids is 1. The van der Waals surface area contributed by atoms with Gasteiger partial charge in [-0.2, -0.15) is 19.9 Å². The maximum Gasteiger partial charge on any atom is 1.00 e. The Morgan fingerprint density at radius 3 is 1.43 bits per heavy atom. The Labute approximate surface area is 511 Å². The van der Waals surface area contributed by atoms with Crippen molar-refractivity contribution in [3.8, 4) is 12.0 Å². The number of aliphatic carboxylic acids is 1. The number of nitrogens with two attached hydrogens (primary N) is 2. The van der Waals surface area contributed by atoms with Crippen molar-refractivity contribution in [2.75, 3.05) is 84.4 Å². The van der Waals surface area contributed by atoms with Crippen LogP contribution in [0.5, 0.6) is 12.0 Å². The van der Waals surface area contributed by atoms with Crippen LogP contribution in [-0.2, 0) is 62.8 Å². The van der Waals surface area contributed by atoms with Crippen molar-refractivity contribution in [1.29, 1.82) is 0 Å². The summed E-state index contributed by atoms with van der Waals surface area (Å²) in [5.74, 6) is -1.37. The topological polar surface area (TPSA) is 335 Å². The van der Waals surface area contributed by atoms with Crippen LogP contribution in [0.3, 0.4) is 0 Å². The van der Waals surface area contributed by atoms with E-state index in [0.29, 0.717) is 54.9 Å². The summed E-state index contributed by atoms with van der Waals surface area (Å²) < 4.78 is 14.9. The number of rotatable bonds is 15. The molecule has 2 saturated heterocycles. The molecule has 25 nitrogen and oxygen atoms in total. The third-order valence-electron chi connectivity index (χ3n) is 11.4. The van der Waals surface area contributed by atoms with Crippen LogP contribution in [-0.4, -0.2) is 132 Å². The summed E-state index contributed by atoms with van der Waals surface area (Å²) in [6.07, 6.45) is 12.7. The number of anilines is 6. The second kappa shape index (κ2) is 42.7. The fourth-order valence-corrected chi connectivity index (χ4v) is 7.77. The summed E-state index contributed by atoms with van der Waals surface area (Å²) >= 11 is 0. The number of carbonyl (C=O) groups is 7. The predicted molar refractivity (Wildman–Crippen MR) is 315 cm³/mol. The molecule has 0 bridgehead atoms. The van der Waals surface area contributed by atoms with Crippen LogP contribution in [0.15, 0.2) is 48.5 Å². The summed E-state index contributed by atoms with van der Waals surface area (Å²) in [4.78, 5) is 105. The number of nitrogens with one attached hydrogen (secondary N) is 3. The largest absolute Gasteiger partial charge is 1.00 e. The number of piperidine rings is 2. The molecule has 0 atom stereocenters. The molecule has 2 aromatic carbocycles. The molecule has 0 aliphatic carbocycles. The van der Waals surface area contributed by atoms with E-state index in [2.05, 4.69) is 101 Å². The normalized spacial score (nSPS) is 13.5. The maximum atomic E-state index is 12.3. The molecule has 451 valence electrons. The first-order valence-electron chi connectivity index (χ1n) is 26.5. The Balaban J connectivity index is 0.00000115. The molecule has 0 unspecified atom stereocenters. The van der Waals surface area contributed by atoms with Crippen molar-refractivity contribution in [3.05, 3.63) is 70.8 Å². The van der Waals surface area contributed by atoms with Crippen LogP contribution in [0.25, 0.3) is 0 Å². The summed E-state index contributed by atoms with van der Waals surface area (Å²) in [6, 6.07) is 16.2. The number of ether oxygens (including phenoxy) is 2. The number of nitrogens with zero attached hydrogens (tertiary/aromatic N) is 7. The fourth-order valence-electron chi connectivity index (χ4n) is 7.77. The van der Waals surface area contributed by atoms with E-state index in [-0.39, 0.29) is 93.0 Å². The number of carbonyl (C=O) groups excluding carboxylic acids is 6. The smallest absolute Gasteiger partial charge is 0.793 e. The number of nitrogen functional groups attached to an aromatic ring is 2. The van der Waals surface area contributed by atoms with Crippen molar-refractivity contribution >= 4 is 84.7 Å². The van der Waals surface area contributed by atoms with Gasteiger partial charge >= 0.3 is 53.5 Å². The molecular weight excluding hydrogens is 1080 g/mol. The van der Waals surface area contributed by atoms with E-state index in [1.807, 2.05) is 11.0 Å². The van der Waals surface area contributed by atoms with E-state index >= 15 is 0 Å². The number of aromatic nitrogens is 4. The molecule has 0 spiro atoms. The summed E-state index contributed by atoms with van der Waals surface area (Å²) in [5, 5.41) is 16.2. The van der Waals surface area contributed by atoms with Crippen molar-refractivity contribution in [3.63, 3.8) is 0 Å². The molecule has 4 aromatic rings. The summed E-state index contributed by atoms with van der Waals surface area (Å²) in [5.41, 5.74) is 16.9. The van der Waals surface area contributed by atoms with Gasteiger partial charge in [-0.15, -0.1) is 0 Å². The molecular formula is C56H85BN12NaO13. The Kier molecular flexibility index (Phi) is 39.0. The number of hydrogen-bond acceptors (Lipinski definition) is 22. The number of hydrogen-bond donors (Lipinski definition) is 6. The van der Waals surface area contributed by atoms with Crippen LogP contribution in [0, 0.1) is 0 Å². The van der Waals surface area contributed by atoms with Gasteiger partial charge in [0.05, 0.1) is 26.3 Å². The Hall–Kier alpha value is -7.13. The summed E-state index contributed by atoms with van der Waals surface area (Å²) in [6.45, 7) is 16.9. The Morgan fingerprint density at radius 1 is 0.651 bits per heavy atom. The molecule has 6 heterocycles. The number of fused-ring (bicyclic) bond motifs is 2. The second-order valence-corrected chi connectivity index (χ2v) is 18.5. The molecule has 27 heteroatoms. The van der Waals surface area contributed by atoms with Crippen LogP contribution in [0.4, 0.5) is 34.6 Å². The molecule has 4 aliphatic rings. The molecule has 0 saturated carbocycles. The average Bonchev–Trinajstić information content (AvgIpc) is 3.54. The molecule has 2 fully saturated rings. The molecule has 3 radical (unpaired) electrons. The minimum absolute atomic E-state index is 0. The maximum absolute atomic E-state index is 12.3. The molecule has 83 heavy (non-hydrogen) atoms. The first kappa shape index (κ1) is 75.9. The van der Waals surface area contributed by atoms with E-state index in [1.165, 1.54) is 77.2 Å². The minimum Gasteiger partial charge on any atom is -0.793 e. The quantitative estimate of drug-likeness (QED) is 0.0322. The number of amides is 2. The molecule has 2 amide bonds. The first-order valence-corrected chi connectivity index (χ1v) is 26.5. The van der Waals surface area contributed by atoms with E-state index in [4.69, 9.17) is 30.8 Å². The zero-order chi connectivity index (χ0) is 58.8. The Bertz CT molecular complexity index is 2600. The number of carboxylic acid groups (broad SMARTS) is 1. The fraction of sp³-hybridized carbons (Fsp3) is 0.518. The molecule has 4 aliphatic heterocycles. The third kappa shape index (κ3) is 30.7. The number of benzene rings is 2. The van der Waals surface area contributed by atoms with Crippen LogP contribution >= 0.6 is 0 Å². The zero-order valence-corrected chi connectivity index (χ0v) is 49.8. The van der Waals surface area contributed by atoms with Gasteiger partial charge in [0.25, 0.3) is 5.97 Å². The molecule has 8 rings (SSSR count). The van der Waals surface area contributed by atoms with Crippen LogP contribution < -0.4 is 76.2 Å². The van der Waals surface area contributed by atoms with E-state index in [1.54, 1.807) is 23.1 Å². The van der Waals surface area contributed by atoms with Gasteiger partial charge < -0.3 is 64.5 Å². The van der Waals surface area contributed by atoms with Crippen molar-refractivity contribution in [2.24, 2.45) is 0 Å². The minimum atomic E-state index is -0.833. The number of aldehydes is 1. The van der Waals surface area contributed by atoms with Crippen molar-refractivity contribution in [2.45, 2.75) is 140 Å². The average molecular weight is 1170 g/mol. The molecule has 2 aromatic heterocycles. The monoisotopic (exact) mass is 1170 g/mol. The Morgan fingerprint density at radius 2 is 1.06 bits per heavy atom. The van der Waals surface area contributed by atoms with Gasteiger partial charge in [-0.1, -0.05) is 96.8 Å². The third-order valence-corrected chi connectivity index (χ3v) is 11.4. The SMILES string of the molecule is C.C.C1CCNCC1.CC(=O)O.CC(=O)OOC(C)=O.CCCCOc1nc(N)c2c(n1)N(Cc1cccc(C=O)c1)CC(=O)N2.CCCCOc1nc(N)c2c(n1)N(Cc1cccc(CN3CCCCC3)c1)CC(=O)N2.[B-]OC(C)=O.[Na+]. The van der Waals surface area contributed by atoms with Gasteiger partial charge in [0.2, 0.25) is 17.8 Å². The summed E-state index contributed by atoms with van der Waals surface area (Å²) in [7, 11) is 4.32. The van der Waals surface area contributed by atoms with Crippen LogP contribution in [0.2, 0.25) is 0 Å². The van der Waals surface area contributed by atoms with Crippen molar-refractivity contribution in [1.82, 2.24) is 30.2 Å². The standard InChI is InChI=1S/C23H32N6O2.C18H21N5O3.C5H11N.C4H6O4.C2H3BO2.C2H4O2.2CH4.Na/c1-2-3-12-31-23-26-21(24)20-22(27-23)29(16-19(30)25-20)15-18-9-7-8-17(13-18)14-28-10-5-4-6-11-28;1-2-3-7-26-18-21-16(19)15-17(22-18)23(10-14(25)20-15)9-12-5-4-6-13(8-12)11-24;1-2-4-6-5-3-1;1-3(5)7-8-4(2)6;1-2(4)5-3;1-2(3)4;;;/h7-9,13H,2-6,10-12,14-16H2,1H3,(H,25,30)(H2,24,26,27);4-6,8,11H,2-3,7,9-10H2,1H3,(H,20,25)(H2,19,21,22);6H,1-5H2;1-2H3;1H3;1H3,(H,3,4);2*1H4;/q;;;;-1;;;;+1. The van der Waals surface area contributed by atoms with Crippen LogP contribution in [0.1, 0.15) is 148 Å². The van der Waals surface area contributed by atoms with Gasteiger partial charge in [-0.3, -0.25) is 28.9 Å². The zero-order valence-electron chi connectivity index (χ0n) is 47.8. The second-order valence-electron chi connectivity index (χ2n) is 18.5. The molecule has 8 N–H and O–H groups in total. The predicted octanol–water partition coefficient (Wildman–Crippen LogP) is 3.98. The number of likely N-dealkylation sites (tertiary alicyclic amines) is 1. The van der Waals surface area contributed by atoms with Gasteiger partial charge in [-0.25, -0.2) is 19.4 Å². The van der Waals surface area contributed by atoms with Gasteiger partial charge in [0, 0.05) is 52.9 Å². The first-order chi connectivity index (χ1) is 38.3. The van der Waals surface area contributed by atoms with E-state index < -0.39 is 23.9 Å². The van der Waals surface area contributed by atoms with Gasteiger partial charge in [0.1, 0.15) is 17.7 Å². The van der Waals surface area contributed by atoms with E-state index in [0.717, 1.165) is 70.4 Å². The number of unbranched alkanes of at least 4 members (excludes halogenated alkanes) is 2. The van der Waals surface area contributed by atoms with Gasteiger partial charge in [0.15, 0.2) is 23.3 Å². The van der Waals surface area contributed by atoms with Gasteiger partial charge in [-0.05, 0) is 87.5 Å². The van der Waals surface area contributed by atoms with Crippen molar-refractivity contribution < 1.29 is 92.1 Å².